The van der Waals surface area contributed by atoms with Gasteiger partial charge in [0.1, 0.15) is 12.3 Å². The fraction of sp³-hybridized carbons (Fsp3) is 0.143. The van der Waals surface area contributed by atoms with Gasteiger partial charge < -0.3 is 9.47 Å². The smallest absolute Gasteiger partial charge is 0.235 e. The van der Waals surface area contributed by atoms with Crippen LogP contribution in [-0.2, 0) is 6.61 Å². The van der Waals surface area contributed by atoms with Gasteiger partial charge >= 0.3 is 0 Å². The molecule has 0 amide bonds. The van der Waals surface area contributed by atoms with Crippen LogP contribution >= 0.6 is 11.3 Å². The lowest BCUT2D eigenvalue weighted by molar-refractivity contribution is 0.268. The maximum atomic E-state index is 5.92. The van der Waals surface area contributed by atoms with Gasteiger partial charge in [-0.05, 0) is 25.1 Å². The van der Waals surface area contributed by atoms with Crippen molar-refractivity contribution in [3.05, 3.63) is 65.7 Å². The first-order valence-electron chi connectivity index (χ1n) is 9.49. The van der Waals surface area contributed by atoms with Crippen LogP contribution in [0.25, 0.3) is 27.7 Å². The lowest BCUT2D eigenvalue weighted by Gasteiger charge is -2.10. The van der Waals surface area contributed by atoms with Crippen molar-refractivity contribution in [1.29, 1.82) is 0 Å². The second-order valence-electron chi connectivity index (χ2n) is 6.42. The molecule has 150 valence electrons. The zero-order chi connectivity index (χ0) is 20.3. The Labute approximate surface area is 176 Å². The number of aromatic amines is 1. The number of aromatic nitrogens is 6. The lowest BCUT2D eigenvalue weighted by atomic mass is 10.1. The molecule has 3 aromatic heterocycles. The Balaban J connectivity index is 1.38. The maximum Gasteiger partial charge on any atom is 0.235 e. The van der Waals surface area contributed by atoms with Crippen LogP contribution in [0.5, 0.6) is 11.5 Å². The number of rotatable bonds is 7. The van der Waals surface area contributed by atoms with Crippen LogP contribution in [0.3, 0.4) is 0 Å². The highest BCUT2D eigenvalue weighted by Crippen LogP contribution is 2.28. The van der Waals surface area contributed by atoms with Crippen molar-refractivity contribution < 1.29 is 9.47 Å². The van der Waals surface area contributed by atoms with Crippen LogP contribution in [0, 0.1) is 0 Å². The van der Waals surface area contributed by atoms with E-state index in [2.05, 4.69) is 25.5 Å². The van der Waals surface area contributed by atoms with Crippen LogP contribution in [0.2, 0.25) is 0 Å². The molecular formula is C21H18N6O2S. The molecule has 9 heteroatoms. The molecule has 2 aromatic carbocycles. The van der Waals surface area contributed by atoms with E-state index < -0.39 is 0 Å². The maximum absolute atomic E-state index is 5.92. The summed E-state index contributed by atoms with van der Waals surface area (Å²) in [5.41, 5.74) is 2.62. The van der Waals surface area contributed by atoms with Crippen molar-refractivity contribution in [2.24, 2.45) is 0 Å². The summed E-state index contributed by atoms with van der Waals surface area (Å²) in [5.74, 6) is 2.01. The summed E-state index contributed by atoms with van der Waals surface area (Å²) >= 11 is 1.43. The Morgan fingerprint density at radius 2 is 1.73 bits per heavy atom. The van der Waals surface area contributed by atoms with Gasteiger partial charge in [-0.2, -0.15) is 14.7 Å². The highest BCUT2D eigenvalue weighted by molar-refractivity contribution is 7.16. The molecule has 0 spiro atoms. The molecule has 5 aromatic rings. The van der Waals surface area contributed by atoms with Gasteiger partial charge in [0.05, 0.1) is 12.3 Å². The van der Waals surface area contributed by atoms with Gasteiger partial charge in [0, 0.05) is 5.56 Å². The Bertz CT molecular complexity index is 1280. The standard InChI is InChI=1S/C21H18N6O2S/c1-2-28-17-10-6-7-11-18(17)29-13-19-26-27-20(24-25-21(27)30-19)16-12-15(22-23-16)14-8-4-3-5-9-14/h3-12H,2,13H2,1H3,(H,22,23). The van der Waals surface area contributed by atoms with Crippen molar-refractivity contribution in [2.45, 2.75) is 13.5 Å². The van der Waals surface area contributed by atoms with Crippen LogP contribution in [0.1, 0.15) is 11.9 Å². The monoisotopic (exact) mass is 418 g/mol. The third kappa shape index (κ3) is 3.50. The molecule has 0 aliphatic heterocycles. The minimum absolute atomic E-state index is 0.315. The Kier molecular flexibility index (Phi) is 4.86. The summed E-state index contributed by atoms with van der Waals surface area (Å²) < 4.78 is 13.2. The SMILES string of the molecule is CCOc1ccccc1OCc1nn2c(-c3cc(-c4ccccc4)n[nH]3)nnc2s1. The van der Waals surface area contributed by atoms with Gasteiger partial charge in [-0.1, -0.05) is 53.8 Å². The second kappa shape index (κ2) is 7.96. The Morgan fingerprint density at radius 1 is 0.967 bits per heavy atom. The van der Waals surface area contributed by atoms with Crippen molar-refractivity contribution in [3.63, 3.8) is 0 Å². The molecule has 0 aliphatic carbocycles. The molecule has 0 fully saturated rings. The van der Waals surface area contributed by atoms with E-state index in [1.807, 2.05) is 67.6 Å². The molecule has 3 heterocycles. The van der Waals surface area contributed by atoms with Gasteiger partial charge in [-0.3, -0.25) is 5.10 Å². The largest absolute Gasteiger partial charge is 0.490 e. The molecule has 0 saturated carbocycles. The van der Waals surface area contributed by atoms with E-state index in [-0.39, 0.29) is 0 Å². The van der Waals surface area contributed by atoms with Crippen molar-refractivity contribution in [2.75, 3.05) is 6.61 Å². The lowest BCUT2D eigenvalue weighted by Crippen LogP contribution is -2.00. The third-order valence-corrected chi connectivity index (χ3v) is 5.29. The number of hydrogen-bond donors (Lipinski definition) is 1. The van der Waals surface area contributed by atoms with Crippen LogP contribution in [0.4, 0.5) is 0 Å². The van der Waals surface area contributed by atoms with Crippen LogP contribution in [0.15, 0.2) is 60.7 Å². The average Bonchev–Trinajstić information content (AvgIpc) is 3.50. The van der Waals surface area contributed by atoms with E-state index in [9.17, 15) is 0 Å². The predicted octanol–water partition coefficient (Wildman–Crippen LogP) is 4.22. The van der Waals surface area contributed by atoms with Gasteiger partial charge in [0.25, 0.3) is 0 Å². The van der Waals surface area contributed by atoms with Gasteiger partial charge in [-0.15, -0.1) is 10.2 Å². The van der Waals surface area contributed by atoms with Crippen molar-refractivity contribution in [1.82, 2.24) is 30.0 Å². The van der Waals surface area contributed by atoms with Gasteiger partial charge in [0.15, 0.2) is 16.5 Å². The molecule has 0 radical (unpaired) electrons. The van der Waals surface area contributed by atoms with Gasteiger partial charge in [-0.25, -0.2) is 0 Å². The number of nitrogens with one attached hydrogen (secondary N) is 1. The predicted molar refractivity (Wildman–Crippen MR) is 114 cm³/mol. The average molecular weight is 418 g/mol. The third-order valence-electron chi connectivity index (χ3n) is 4.42. The topological polar surface area (TPSA) is 90.2 Å². The number of nitrogens with zero attached hydrogens (tertiary/aromatic N) is 5. The van der Waals surface area contributed by atoms with Gasteiger partial charge in [0.2, 0.25) is 10.8 Å². The molecule has 0 unspecified atom stereocenters. The number of H-pyrrole nitrogens is 1. The molecule has 1 N–H and O–H groups in total. The normalized spacial score (nSPS) is 11.1. The second-order valence-corrected chi connectivity index (χ2v) is 7.46. The molecule has 8 nitrogen and oxygen atoms in total. The van der Waals surface area contributed by atoms with E-state index in [1.165, 1.54) is 11.3 Å². The van der Waals surface area contributed by atoms with Crippen LogP contribution in [-0.4, -0.2) is 36.6 Å². The number of fused-ring (bicyclic) bond motifs is 1. The first kappa shape index (κ1) is 18.3. The first-order chi connectivity index (χ1) is 14.8. The van der Waals surface area contributed by atoms with E-state index in [1.54, 1.807) is 4.52 Å². The molecule has 0 bridgehead atoms. The molecular weight excluding hydrogens is 400 g/mol. The molecule has 0 atom stereocenters. The summed E-state index contributed by atoms with van der Waals surface area (Å²) in [4.78, 5) is 0.692. The first-order valence-corrected chi connectivity index (χ1v) is 10.3. The summed E-state index contributed by atoms with van der Waals surface area (Å²) in [5, 5.41) is 21.3. The minimum atomic E-state index is 0.315. The van der Waals surface area contributed by atoms with Crippen molar-refractivity contribution >= 4 is 16.3 Å². The molecule has 0 aliphatic rings. The number of hydrogen-bond acceptors (Lipinski definition) is 7. The molecule has 30 heavy (non-hydrogen) atoms. The van der Waals surface area contributed by atoms with E-state index in [0.717, 1.165) is 27.7 Å². The number of para-hydroxylation sites is 2. The quantitative estimate of drug-likeness (QED) is 0.426. The van der Waals surface area contributed by atoms with E-state index in [0.29, 0.717) is 29.7 Å². The Morgan fingerprint density at radius 3 is 2.53 bits per heavy atom. The summed E-state index contributed by atoms with van der Waals surface area (Å²) in [6, 6.07) is 19.5. The molecule has 0 saturated heterocycles. The van der Waals surface area contributed by atoms with Crippen molar-refractivity contribution in [3.8, 4) is 34.3 Å². The summed E-state index contributed by atoms with van der Waals surface area (Å²) in [6.45, 7) is 2.84. The number of benzene rings is 2. The summed E-state index contributed by atoms with van der Waals surface area (Å²) in [7, 11) is 0. The zero-order valence-corrected chi connectivity index (χ0v) is 17.0. The minimum Gasteiger partial charge on any atom is -0.490 e. The highest BCUT2D eigenvalue weighted by atomic mass is 32.1. The fourth-order valence-corrected chi connectivity index (χ4v) is 3.81. The Hall–Kier alpha value is -3.72. The number of ether oxygens (including phenoxy) is 2. The molecule has 5 rings (SSSR count). The van der Waals surface area contributed by atoms with E-state index >= 15 is 0 Å². The zero-order valence-electron chi connectivity index (χ0n) is 16.1. The fourth-order valence-electron chi connectivity index (χ4n) is 3.06. The van der Waals surface area contributed by atoms with E-state index in [4.69, 9.17) is 9.47 Å². The highest BCUT2D eigenvalue weighted by Gasteiger charge is 2.16. The van der Waals surface area contributed by atoms with Crippen LogP contribution < -0.4 is 9.47 Å². The summed E-state index contributed by atoms with van der Waals surface area (Å²) in [6.07, 6.45) is 0.